The maximum absolute atomic E-state index is 12.7. The van der Waals surface area contributed by atoms with Crippen LogP contribution in [0.15, 0.2) is 33.5 Å². The van der Waals surface area contributed by atoms with Crippen LogP contribution in [0.1, 0.15) is 26.2 Å². The van der Waals surface area contributed by atoms with Gasteiger partial charge in [0.25, 0.3) is 0 Å². The Morgan fingerprint density at radius 1 is 1.33 bits per heavy atom. The summed E-state index contributed by atoms with van der Waals surface area (Å²) in [5.74, 6) is -1.13. The maximum atomic E-state index is 12.7. The van der Waals surface area contributed by atoms with E-state index in [9.17, 15) is 14.4 Å². The molecule has 3 rings (SSSR count). The molecule has 1 unspecified atom stereocenters. The summed E-state index contributed by atoms with van der Waals surface area (Å²) in [5, 5.41) is 0. The maximum Gasteiger partial charge on any atom is 0.420 e. The Morgan fingerprint density at radius 2 is 2.08 bits per heavy atom. The number of rotatable bonds is 4. The lowest BCUT2D eigenvalue weighted by molar-refractivity contribution is -0.140. The summed E-state index contributed by atoms with van der Waals surface area (Å²) in [6.45, 7) is 2.68. The predicted molar refractivity (Wildman–Crippen MR) is 88.2 cm³/mol. The summed E-state index contributed by atoms with van der Waals surface area (Å²) in [7, 11) is 0. The van der Waals surface area contributed by atoms with Gasteiger partial charge in [0, 0.05) is 13.1 Å². The number of aromatic nitrogens is 1. The molecule has 0 radical (unpaired) electrons. The Hall–Kier alpha value is -2.57. The summed E-state index contributed by atoms with van der Waals surface area (Å²) < 4.78 is 6.47. The van der Waals surface area contributed by atoms with Crippen molar-refractivity contribution in [1.82, 2.24) is 9.47 Å². The third-order valence-electron chi connectivity index (χ3n) is 5.00. The van der Waals surface area contributed by atoms with Crippen molar-refractivity contribution in [3.63, 3.8) is 0 Å². The highest BCUT2D eigenvalue weighted by Gasteiger charge is 2.40. The molecular weight excluding hydrogens is 310 g/mol. The number of amides is 2. The van der Waals surface area contributed by atoms with E-state index in [0.29, 0.717) is 37.0 Å². The number of hydrogen-bond acceptors (Lipinski definition) is 4. The van der Waals surface area contributed by atoms with Gasteiger partial charge in [-0.25, -0.2) is 4.79 Å². The number of carbonyl (C=O) groups is 2. The zero-order valence-corrected chi connectivity index (χ0v) is 13.7. The van der Waals surface area contributed by atoms with Crippen molar-refractivity contribution in [3.05, 3.63) is 34.8 Å². The van der Waals surface area contributed by atoms with Crippen molar-refractivity contribution >= 4 is 22.9 Å². The molecule has 2 N–H and O–H groups in total. The van der Waals surface area contributed by atoms with Crippen molar-refractivity contribution in [2.75, 3.05) is 13.1 Å². The van der Waals surface area contributed by atoms with Gasteiger partial charge < -0.3 is 15.1 Å². The molecule has 1 fully saturated rings. The van der Waals surface area contributed by atoms with E-state index < -0.39 is 11.2 Å². The standard InChI is InChI=1S/C17H21N3O4/c1-2-17(15(18)22)8-5-9-19(11-17)14(21)10-20-12-6-3-4-7-13(12)24-16(20)23/h3-4,6-7H,2,5,8-11H2,1H3,(H2,18,22). The largest absolute Gasteiger partial charge is 0.420 e. The van der Waals surface area contributed by atoms with Crippen LogP contribution in [0.4, 0.5) is 0 Å². The fraction of sp³-hybridized carbons (Fsp3) is 0.471. The number of oxazole rings is 1. The van der Waals surface area contributed by atoms with Gasteiger partial charge in [-0.05, 0) is 31.4 Å². The van der Waals surface area contributed by atoms with Crippen LogP contribution in [-0.2, 0) is 16.1 Å². The Labute approximate surface area is 139 Å². The summed E-state index contributed by atoms with van der Waals surface area (Å²) >= 11 is 0. The normalized spacial score (nSPS) is 21.1. The molecule has 1 aliphatic rings. The summed E-state index contributed by atoms with van der Waals surface area (Å²) in [6, 6.07) is 6.98. The molecule has 7 heteroatoms. The molecule has 0 aliphatic carbocycles. The molecule has 7 nitrogen and oxygen atoms in total. The molecule has 2 heterocycles. The van der Waals surface area contributed by atoms with Crippen LogP contribution in [-0.4, -0.2) is 34.4 Å². The van der Waals surface area contributed by atoms with Crippen LogP contribution < -0.4 is 11.5 Å². The second kappa shape index (κ2) is 6.14. The van der Waals surface area contributed by atoms with Crippen molar-refractivity contribution in [2.24, 2.45) is 11.1 Å². The number of benzene rings is 1. The number of fused-ring (bicyclic) bond motifs is 1. The quantitative estimate of drug-likeness (QED) is 0.907. The van der Waals surface area contributed by atoms with Gasteiger partial charge in [0.2, 0.25) is 11.8 Å². The van der Waals surface area contributed by atoms with E-state index in [4.69, 9.17) is 10.2 Å². The monoisotopic (exact) mass is 331 g/mol. The topological polar surface area (TPSA) is 98.5 Å². The molecule has 1 aromatic heterocycles. The molecule has 1 saturated heterocycles. The summed E-state index contributed by atoms with van der Waals surface area (Å²) in [4.78, 5) is 38.1. The first-order valence-electron chi connectivity index (χ1n) is 8.13. The number of nitrogens with zero attached hydrogens (tertiary/aromatic N) is 2. The van der Waals surface area contributed by atoms with Gasteiger partial charge in [0.15, 0.2) is 5.58 Å². The van der Waals surface area contributed by atoms with Crippen molar-refractivity contribution in [2.45, 2.75) is 32.7 Å². The van der Waals surface area contributed by atoms with Crippen LogP contribution in [0.25, 0.3) is 11.1 Å². The highest BCUT2D eigenvalue weighted by Crippen LogP contribution is 2.33. The van der Waals surface area contributed by atoms with E-state index in [-0.39, 0.29) is 18.4 Å². The number of hydrogen-bond donors (Lipinski definition) is 1. The van der Waals surface area contributed by atoms with Crippen LogP contribution >= 0.6 is 0 Å². The van der Waals surface area contributed by atoms with E-state index >= 15 is 0 Å². The Kier molecular flexibility index (Phi) is 4.17. The number of nitrogens with two attached hydrogens (primary N) is 1. The predicted octanol–water partition coefficient (Wildman–Crippen LogP) is 1.10. The Balaban J connectivity index is 1.83. The van der Waals surface area contributed by atoms with Gasteiger partial charge in [0.05, 0.1) is 10.9 Å². The first-order chi connectivity index (χ1) is 11.5. The molecule has 0 spiro atoms. The van der Waals surface area contributed by atoms with Crippen molar-refractivity contribution in [3.8, 4) is 0 Å². The first kappa shape index (κ1) is 16.3. The molecule has 0 bridgehead atoms. The van der Waals surface area contributed by atoms with Crippen LogP contribution in [0.5, 0.6) is 0 Å². The van der Waals surface area contributed by atoms with Gasteiger partial charge in [0.1, 0.15) is 6.54 Å². The zero-order chi connectivity index (χ0) is 17.3. The molecule has 2 aromatic rings. The average Bonchev–Trinajstić information content (AvgIpc) is 2.90. The van der Waals surface area contributed by atoms with Crippen LogP contribution in [0.2, 0.25) is 0 Å². The number of para-hydroxylation sites is 2. The fourth-order valence-electron chi connectivity index (χ4n) is 3.41. The molecule has 2 amide bonds. The minimum absolute atomic E-state index is 0.103. The molecule has 24 heavy (non-hydrogen) atoms. The highest BCUT2D eigenvalue weighted by atomic mass is 16.4. The number of carbonyl (C=O) groups excluding carboxylic acids is 2. The van der Waals surface area contributed by atoms with Crippen LogP contribution in [0.3, 0.4) is 0 Å². The molecule has 1 aliphatic heterocycles. The third kappa shape index (κ3) is 2.70. The Bertz CT molecular complexity index is 838. The van der Waals surface area contributed by atoms with Gasteiger partial charge in [-0.3, -0.25) is 14.2 Å². The first-order valence-corrected chi connectivity index (χ1v) is 8.13. The summed E-state index contributed by atoms with van der Waals surface area (Å²) in [5.41, 5.74) is 5.93. The van der Waals surface area contributed by atoms with E-state index in [2.05, 4.69) is 0 Å². The average molecular weight is 331 g/mol. The van der Waals surface area contributed by atoms with E-state index in [1.807, 2.05) is 6.92 Å². The number of piperidine rings is 1. The fourth-order valence-corrected chi connectivity index (χ4v) is 3.41. The Morgan fingerprint density at radius 3 is 2.79 bits per heavy atom. The third-order valence-corrected chi connectivity index (χ3v) is 5.00. The molecule has 128 valence electrons. The lowest BCUT2D eigenvalue weighted by atomic mass is 9.77. The lowest BCUT2D eigenvalue weighted by Crippen LogP contribution is -2.52. The van der Waals surface area contributed by atoms with E-state index in [1.165, 1.54) is 4.57 Å². The van der Waals surface area contributed by atoms with E-state index in [1.54, 1.807) is 29.2 Å². The van der Waals surface area contributed by atoms with Gasteiger partial charge >= 0.3 is 5.76 Å². The molecule has 1 aromatic carbocycles. The van der Waals surface area contributed by atoms with Crippen molar-refractivity contribution < 1.29 is 14.0 Å². The van der Waals surface area contributed by atoms with Gasteiger partial charge in [-0.1, -0.05) is 19.1 Å². The highest BCUT2D eigenvalue weighted by molar-refractivity contribution is 5.84. The zero-order valence-electron chi connectivity index (χ0n) is 13.7. The minimum atomic E-state index is -0.669. The summed E-state index contributed by atoms with van der Waals surface area (Å²) in [6.07, 6.45) is 2.02. The number of primary amides is 1. The number of likely N-dealkylation sites (tertiary alicyclic amines) is 1. The van der Waals surface area contributed by atoms with Gasteiger partial charge in [-0.2, -0.15) is 0 Å². The second-order valence-electron chi connectivity index (χ2n) is 6.34. The molecular formula is C17H21N3O4. The molecule has 0 saturated carbocycles. The van der Waals surface area contributed by atoms with Crippen molar-refractivity contribution in [1.29, 1.82) is 0 Å². The molecule has 1 atom stereocenters. The lowest BCUT2D eigenvalue weighted by Gasteiger charge is -2.40. The smallest absolute Gasteiger partial charge is 0.408 e. The minimum Gasteiger partial charge on any atom is -0.408 e. The SMILES string of the molecule is CCC1(C(N)=O)CCCN(C(=O)Cn2c(=O)oc3ccccc32)C1. The van der Waals surface area contributed by atoms with E-state index in [0.717, 1.165) is 6.42 Å². The second-order valence-corrected chi connectivity index (χ2v) is 6.34. The van der Waals surface area contributed by atoms with Crippen LogP contribution in [0, 0.1) is 5.41 Å². The van der Waals surface area contributed by atoms with Gasteiger partial charge in [-0.15, -0.1) is 0 Å².